The third-order valence-electron chi connectivity index (χ3n) is 3.05. The van der Waals surface area contributed by atoms with Crippen molar-refractivity contribution in [1.82, 2.24) is 20.2 Å². The quantitative estimate of drug-likeness (QED) is 0.792. The molecule has 2 rings (SSSR count). The molecule has 0 bridgehead atoms. The summed E-state index contributed by atoms with van der Waals surface area (Å²) in [5.74, 6) is 0.911. The maximum absolute atomic E-state index is 4.00. The predicted molar refractivity (Wildman–Crippen MR) is 67.7 cm³/mol. The van der Waals surface area contributed by atoms with Gasteiger partial charge in [0.2, 0.25) is 0 Å². The van der Waals surface area contributed by atoms with Crippen molar-refractivity contribution >= 4 is 12.4 Å². The molecule has 1 aromatic rings. The lowest BCUT2D eigenvalue weighted by atomic mass is 10.1. The van der Waals surface area contributed by atoms with Gasteiger partial charge in [-0.3, -0.25) is 0 Å². The number of H-pyrrole nitrogens is 1. The Morgan fingerprint density at radius 3 is 2.81 bits per heavy atom. The Kier molecular flexibility index (Phi) is 5.25. The van der Waals surface area contributed by atoms with E-state index in [0.717, 1.165) is 24.7 Å². The molecule has 1 aromatic heterocycles. The van der Waals surface area contributed by atoms with Crippen LogP contribution in [0.4, 0.5) is 0 Å². The normalized spacial score (nSPS) is 17.2. The van der Waals surface area contributed by atoms with Gasteiger partial charge in [-0.1, -0.05) is 0 Å². The zero-order chi connectivity index (χ0) is 10.7. The van der Waals surface area contributed by atoms with Crippen LogP contribution < -0.4 is 5.32 Å². The maximum Gasteiger partial charge on any atom is 0.0922 e. The van der Waals surface area contributed by atoms with Crippen LogP contribution in [0.25, 0.3) is 0 Å². The van der Waals surface area contributed by atoms with Gasteiger partial charge in [-0.15, -0.1) is 12.4 Å². The summed E-state index contributed by atoms with van der Waals surface area (Å²) in [7, 11) is 4.34. The van der Waals surface area contributed by atoms with Crippen molar-refractivity contribution in [2.24, 2.45) is 5.92 Å². The summed E-state index contributed by atoms with van der Waals surface area (Å²) in [6.07, 6.45) is 6.39. The molecule has 4 nitrogen and oxygen atoms in total. The summed E-state index contributed by atoms with van der Waals surface area (Å²) in [6.45, 7) is 1.95. The Morgan fingerprint density at radius 2 is 2.31 bits per heavy atom. The molecule has 5 heteroatoms. The molecule has 1 atom stereocenters. The minimum atomic E-state index is 0. The summed E-state index contributed by atoms with van der Waals surface area (Å²) in [5.41, 5.74) is 1.16. The van der Waals surface area contributed by atoms with E-state index >= 15 is 0 Å². The zero-order valence-electron chi connectivity index (χ0n) is 9.94. The van der Waals surface area contributed by atoms with E-state index in [2.05, 4.69) is 34.3 Å². The van der Waals surface area contributed by atoms with Gasteiger partial charge in [0.25, 0.3) is 0 Å². The van der Waals surface area contributed by atoms with Crippen molar-refractivity contribution in [3.05, 3.63) is 18.2 Å². The Morgan fingerprint density at radius 1 is 1.56 bits per heavy atom. The fourth-order valence-corrected chi connectivity index (χ4v) is 1.99. The van der Waals surface area contributed by atoms with Crippen molar-refractivity contribution in [3.8, 4) is 0 Å². The fraction of sp³-hybridized carbons (Fsp3) is 0.727. The van der Waals surface area contributed by atoms with Crippen LogP contribution in [0.15, 0.2) is 12.5 Å². The van der Waals surface area contributed by atoms with Crippen LogP contribution in [0.1, 0.15) is 18.5 Å². The second-order valence-electron chi connectivity index (χ2n) is 4.58. The highest BCUT2D eigenvalue weighted by atomic mass is 35.5. The number of aromatic amines is 1. The predicted octanol–water partition coefficient (Wildman–Crippen LogP) is 1.26. The van der Waals surface area contributed by atoms with E-state index in [1.54, 1.807) is 6.33 Å². The summed E-state index contributed by atoms with van der Waals surface area (Å²) >= 11 is 0. The first-order chi connectivity index (χ1) is 7.27. The largest absolute Gasteiger partial charge is 0.347 e. The molecule has 0 aromatic carbocycles. The highest BCUT2D eigenvalue weighted by molar-refractivity contribution is 5.85. The van der Waals surface area contributed by atoms with E-state index in [1.807, 2.05) is 6.20 Å². The van der Waals surface area contributed by atoms with Gasteiger partial charge in [0.15, 0.2) is 0 Å². The molecule has 0 amide bonds. The highest BCUT2D eigenvalue weighted by Crippen LogP contribution is 2.34. The average Bonchev–Trinajstić information content (AvgIpc) is 2.89. The molecule has 1 aliphatic carbocycles. The molecule has 1 fully saturated rings. The third kappa shape index (κ3) is 3.77. The summed E-state index contributed by atoms with van der Waals surface area (Å²) in [6, 6.07) is 0.688. The standard InChI is InChI=1S/C11H20N4.ClH/c1-15(2)11(9-3-4-9)7-12-5-10-6-13-8-14-10;/h6,8-9,11-12H,3-5,7H2,1-2H3,(H,13,14);1H. The van der Waals surface area contributed by atoms with E-state index in [0.29, 0.717) is 6.04 Å². The molecule has 0 spiro atoms. The smallest absolute Gasteiger partial charge is 0.0922 e. The molecular formula is C11H21ClN4. The van der Waals surface area contributed by atoms with Crippen LogP contribution in [-0.4, -0.2) is 41.5 Å². The first kappa shape index (κ1) is 13.5. The van der Waals surface area contributed by atoms with Gasteiger partial charge in [0, 0.05) is 31.0 Å². The zero-order valence-corrected chi connectivity index (χ0v) is 10.8. The maximum atomic E-state index is 4.00. The van der Waals surface area contributed by atoms with Gasteiger partial charge < -0.3 is 15.2 Å². The lowest BCUT2D eigenvalue weighted by molar-refractivity contribution is 0.255. The number of hydrogen-bond donors (Lipinski definition) is 2. The molecular weight excluding hydrogens is 224 g/mol. The molecule has 1 aliphatic rings. The number of likely N-dealkylation sites (N-methyl/N-ethyl adjacent to an activating group) is 1. The molecule has 16 heavy (non-hydrogen) atoms. The number of aromatic nitrogens is 2. The number of nitrogens with zero attached hydrogens (tertiary/aromatic N) is 2. The molecule has 0 radical (unpaired) electrons. The van der Waals surface area contributed by atoms with E-state index in [1.165, 1.54) is 12.8 Å². The minimum Gasteiger partial charge on any atom is -0.347 e. The SMILES string of the molecule is CN(C)C(CNCc1cnc[nH]1)C1CC1.Cl. The Hall–Kier alpha value is -0.580. The second kappa shape index (κ2) is 6.23. The van der Waals surface area contributed by atoms with E-state index < -0.39 is 0 Å². The van der Waals surface area contributed by atoms with Crippen LogP contribution in [0.5, 0.6) is 0 Å². The Labute approximate surface area is 103 Å². The number of halogens is 1. The third-order valence-corrected chi connectivity index (χ3v) is 3.05. The van der Waals surface area contributed by atoms with Crippen LogP contribution in [0.2, 0.25) is 0 Å². The molecule has 1 unspecified atom stereocenters. The number of nitrogens with one attached hydrogen (secondary N) is 2. The lowest BCUT2D eigenvalue weighted by Gasteiger charge is -2.24. The molecule has 0 saturated heterocycles. The fourth-order valence-electron chi connectivity index (χ4n) is 1.99. The van der Waals surface area contributed by atoms with E-state index in [-0.39, 0.29) is 12.4 Å². The minimum absolute atomic E-state index is 0. The highest BCUT2D eigenvalue weighted by Gasteiger charge is 2.31. The summed E-state index contributed by atoms with van der Waals surface area (Å²) < 4.78 is 0. The van der Waals surface area contributed by atoms with Gasteiger partial charge >= 0.3 is 0 Å². The van der Waals surface area contributed by atoms with Crippen LogP contribution in [0, 0.1) is 5.92 Å². The van der Waals surface area contributed by atoms with Crippen molar-refractivity contribution in [2.75, 3.05) is 20.6 Å². The van der Waals surface area contributed by atoms with Gasteiger partial charge in [0.1, 0.15) is 0 Å². The summed E-state index contributed by atoms with van der Waals surface area (Å²) in [5, 5.41) is 3.48. The summed E-state index contributed by atoms with van der Waals surface area (Å²) in [4.78, 5) is 9.43. The van der Waals surface area contributed by atoms with Gasteiger partial charge in [-0.25, -0.2) is 4.98 Å². The Balaban J connectivity index is 0.00000128. The van der Waals surface area contributed by atoms with E-state index in [4.69, 9.17) is 0 Å². The van der Waals surface area contributed by atoms with Crippen LogP contribution in [0.3, 0.4) is 0 Å². The van der Waals surface area contributed by atoms with Gasteiger partial charge in [0.05, 0.1) is 6.33 Å². The van der Waals surface area contributed by atoms with E-state index in [9.17, 15) is 0 Å². The van der Waals surface area contributed by atoms with Crippen molar-refractivity contribution in [1.29, 1.82) is 0 Å². The number of hydrogen-bond acceptors (Lipinski definition) is 3. The molecule has 0 aliphatic heterocycles. The monoisotopic (exact) mass is 244 g/mol. The topological polar surface area (TPSA) is 44.0 Å². The first-order valence-electron chi connectivity index (χ1n) is 5.62. The Bertz CT molecular complexity index is 280. The van der Waals surface area contributed by atoms with Crippen LogP contribution in [-0.2, 0) is 6.54 Å². The van der Waals surface area contributed by atoms with Gasteiger partial charge in [-0.05, 0) is 32.9 Å². The molecule has 92 valence electrons. The van der Waals surface area contributed by atoms with Crippen molar-refractivity contribution in [3.63, 3.8) is 0 Å². The average molecular weight is 245 g/mol. The first-order valence-corrected chi connectivity index (χ1v) is 5.62. The number of imidazole rings is 1. The van der Waals surface area contributed by atoms with Crippen molar-refractivity contribution in [2.45, 2.75) is 25.4 Å². The number of rotatable bonds is 6. The van der Waals surface area contributed by atoms with Crippen molar-refractivity contribution < 1.29 is 0 Å². The lowest BCUT2D eigenvalue weighted by Crippen LogP contribution is -2.39. The second-order valence-corrected chi connectivity index (χ2v) is 4.58. The molecule has 1 saturated carbocycles. The molecule has 1 heterocycles. The molecule has 2 N–H and O–H groups in total. The van der Waals surface area contributed by atoms with Gasteiger partial charge in [-0.2, -0.15) is 0 Å². The van der Waals surface area contributed by atoms with Crippen LogP contribution >= 0.6 is 12.4 Å².